The van der Waals surface area contributed by atoms with Gasteiger partial charge in [-0.25, -0.2) is 0 Å². The summed E-state index contributed by atoms with van der Waals surface area (Å²) >= 11 is 10.3. The van der Waals surface area contributed by atoms with Gasteiger partial charge in [0.15, 0.2) is 2.14 Å². The Hall–Kier alpha value is -0.0600. The Morgan fingerprint density at radius 2 is 1.67 bits per heavy atom. The van der Waals surface area contributed by atoms with Crippen molar-refractivity contribution in [1.82, 2.24) is 0 Å². The Kier molecular flexibility index (Phi) is 3.10. The number of benzene rings is 2. The molecule has 1 N–H and O–H groups in total. The molecule has 0 unspecified atom stereocenters. The third-order valence-corrected chi connectivity index (χ3v) is 3.54. The summed E-state index contributed by atoms with van der Waals surface area (Å²) in [5.74, 6) is 0.283. The number of halogens is 3. The van der Waals surface area contributed by atoms with Crippen molar-refractivity contribution in [3.05, 3.63) is 42.0 Å². The molecular formula is C11H7Br3O. The zero-order chi connectivity index (χ0) is 11.1. The normalized spacial score (nSPS) is 11.9. The zero-order valence-corrected chi connectivity index (χ0v) is 12.3. The van der Waals surface area contributed by atoms with Crippen molar-refractivity contribution >= 4 is 58.6 Å². The Bertz CT molecular complexity index is 503. The van der Waals surface area contributed by atoms with E-state index in [-0.39, 0.29) is 5.75 Å². The standard InChI is InChI=1S/C11H7Br3O/c12-11(13,14)8-5-7-3-1-2-4-9(7)10(15)6-8/h1-6,15H. The Morgan fingerprint density at radius 1 is 1.00 bits per heavy atom. The number of hydrogen-bond acceptors (Lipinski definition) is 1. The smallest absolute Gasteiger partial charge is 0.160 e. The number of fused-ring (bicyclic) bond motifs is 1. The van der Waals surface area contributed by atoms with Crippen molar-refractivity contribution in [2.45, 2.75) is 2.14 Å². The molecule has 0 bridgehead atoms. The van der Waals surface area contributed by atoms with E-state index in [1.54, 1.807) is 6.07 Å². The van der Waals surface area contributed by atoms with E-state index < -0.39 is 2.14 Å². The molecule has 0 saturated carbocycles. The van der Waals surface area contributed by atoms with E-state index in [0.717, 1.165) is 16.3 Å². The van der Waals surface area contributed by atoms with Gasteiger partial charge in [0.1, 0.15) is 5.75 Å². The van der Waals surface area contributed by atoms with Crippen LogP contribution in [-0.4, -0.2) is 5.11 Å². The van der Waals surface area contributed by atoms with E-state index in [1.165, 1.54) is 0 Å². The van der Waals surface area contributed by atoms with Crippen LogP contribution in [0.1, 0.15) is 5.56 Å². The molecule has 0 spiro atoms. The maximum Gasteiger partial charge on any atom is 0.160 e. The number of hydrogen-bond donors (Lipinski definition) is 1. The second-order valence-corrected chi connectivity index (χ2v) is 9.98. The maximum atomic E-state index is 9.85. The fourth-order valence-corrected chi connectivity index (χ4v) is 2.14. The van der Waals surface area contributed by atoms with E-state index in [1.807, 2.05) is 30.3 Å². The van der Waals surface area contributed by atoms with Gasteiger partial charge in [-0.05, 0) is 23.1 Å². The molecule has 0 radical (unpaired) electrons. The van der Waals surface area contributed by atoms with Crippen LogP contribution in [0.5, 0.6) is 5.75 Å². The summed E-state index contributed by atoms with van der Waals surface area (Å²) in [6, 6.07) is 11.5. The second kappa shape index (κ2) is 4.07. The third-order valence-electron chi connectivity index (χ3n) is 2.17. The van der Waals surface area contributed by atoms with Crippen molar-refractivity contribution in [2.24, 2.45) is 0 Å². The predicted octanol–water partition coefficient (Wildman–Crippen LogP) is 4.84. The van der Waals surface area contributed by atoms with Gasteiger partial charge < -0.3 is 5.11 Å². The van der Waals surface area contributed by atoms with Crippen LogP contribution >= 0.6 is 47.8 Å². The predicted molar refractivity (Wildman–Crippen MR) is 74.1 cm³/mol. The van der Waals surface area contributed by atoms with Crippen molar-refractivity contribution in [2.75, 3.05) is 0 Å². The highest BCUT2D eigenvalue weighted by Crippen LogP contribution is 2.46. The highest BCUT2D eigenvalue weighted by Gasteiger charge is 2.22. The monoisotopic (exact) mass is 392 g/mol. The molecule has 1 nitrogen and oxygen atoms in total. The average molecular weight is 395 g/mol. The molecule has 78 valence electrons. The molecule has 0 amide bonds. The van der Waals surface area contributed by atoms with Gasteiger partial charge in [-0.2, -0.15) is 0 Å². The van der Waals surface area contributed by atoms with Crippen LogP contribution in [0.3, 0.4) is 0 Å². The van der Waals surface area contributed by atoms with E-state index in [0.29, 0.717) is 0 Å². The van der Waals surface area contributed by atoms with Gasteiger partial charge in [0.05, 0.1) is 0 Å². The molecular weight excluding hydrogens is 388 g/mol. The summed E-state index contributed by atoms with van der Waals surface area (Å²) in [7, 11) is 0. The van der Waals surface area contributed by atoms with Crippen LogP contribution in [0, 0.1) is 0 Å². The molecule has 0 aliphatic heterocycles. The Balaban J connectivity index is 2.73. The molecule has 0 aliphatic carbocycles. The summed E-state index contributed by atoms with van der Waals surface area (Å²) in [5, 5.41) is 11.7. The fraction of sp³-hybridized carbons (Fsp3) is 0.0909. The van der Waals surface area contributed by atoms with Crippen LogP contribution in [0.2, 0.25) is 0 Å². The Labute approximate surface area is 113 Å². The maximum absolute atomic E-state index is 9.85. The van der Waals surface area contributed by atoms with E-state index in [2.05, 4.69) is 47.8 Å². The fourth-order valence-electron chi connectivity index (χ4n) is 1.45. The average Bonchev–Trinajstić information content (AvgIpc) is 2.16. The van der Waals surface area contributed by atoms with Gasteiger partial charge in [-0.3, -0.25) is 0 Å². The number of alkyl halides is 3. The van der Waals surface area contributed by atoms with E-state index >= 15 is 0 Å². The van der Waals surface area contributed by atoms with Crippen LogP contribution in [0.15, 0.2) is 36.4 Å². The first kappa shape index (κ1) is 11.4. The lowest BCUT2D eigenvalue weighted by molar-refractivity contribution is 0.481. The molecule has 0 heterocycles. The van der Waals surface area contributed by atoms with Crippen molar-refractivity contribution in [3.63, 3.8) is 0 Å². The van der Waals surface area contributed by atoms with Gasteiger partial charge in [0.2, 0.25) is 0 Å². The molecule has 0 aromatic heterocycles. The molecule has 2 aromatic rings. The SMILES string of the molecule is Oc1cc(C(Br)(Br)Br)cc2ccccc12. The number of phenols is 1. The largest absolute Gasteiger partial charge is 0.507 e. The van der Waals surface area contributed by atoms with Gasteiger partial charge in [-0.15, -0.1) is 0 Å². The molecule has 0 atom stereocenters. The number of aromatic hydroxyl groups is 1. The van der Waals surface area contributed by atoms with Crippen LogP contribution in [-0.2, 0) is 2.14 Å². The molecule has 0 fully saturated rings. The number of rotatable bonds is 0. The highest BCUT2D eigenvalue weighted by atomic mass is 80.0. The van der Waals surface area contributed by atoms with Gasteiger partial charge in [0.25, 0.3) is 0 Å². The van der Waals surface area contributed by atoms with Crippen LogP contribution in [0.4, 0.5) is 0 Å². The van der Waals surface area contributed by atoms with E-state index in [4.69, 9.17) is 0 Å². The third kappa shape index (κ3) is 2.37. The minimum atomic E-state index is -0.492. The first-order valence-corrected chi connectivity index (χ1v) is 6.65. The van der Waals surface area contributed by atoms with Crippen molar-refractivity contribution < 1.29 is 5.11 Å². The molecule has 2 aromatic carbocycles. The van der Waals surface area contributed by atoms with Crippen molar-refractivity contribution in [3.8, 4) is 5.75 Å². The van der Waals surface area contributed by atoms with Crippen molar-refractivity contribution in [1.29, 1.82) is 0 Å². The molecule has 0 saturated heterocycles. The van der Waals surface area contributed by atoms with Crippen LogP contribution in [0.25, 0.3) is 10.8 Å². The first-order chi connectivity index (χ1) is 6.98. The molecule has 0 aliphatic rings. The lowest BCUT2D eigenvalue weighted by Crippen LogP contribution is -1.97. The Morgan fingerprint density at radius 3 is 2.33 bits per heavy atom. The molecule has 2 rings (SSSR count). The highest BCUT2D eigenvalue weighted by molar-refractivity contribution is 9.38. The minimum Gasteiger partial charge on any atom is -0.507 e. The van der Waals surface area contributed by atoms with Crippen LogP contribution < -0.4 is 0 Å². The van der Waals surface area contributed by atoms with Gasteiger partial charge >= 0.3 is 0 Å². The van der Waals surface area contributed by atoms with Gasteiger partial charge in [0, 0.05) is 5.39 Å². The first-order valence-electron chi connectivity index (χ1n) is 4.27. The van der Waals surface area contributed by atoms with Gasteiger partial charge in [-0.1, -0.05) is 72.1 Å². The summed E-state index contributed by atoms with van der Waals surface area (Å²) in [5.41, 5.74) is 0.915. The lowest BCUT2D eigenvalue weighted by atomic mass is 10.1. The summed E-state index contributed by atoms with van der Waals surface area (Å²) in [4.78, 5) is 0. The number of phenolic OH excluding ortho intramolecular Hbond substituents is 1. The quantitative estimate of drug-likeness (QED) is 0.634. The summed E-state index contributed by atoms with van der Waals surface area (Å²) in [6.07, 6.45) is 0. The summed E-state index contributed by atoms with van der Waals surface area (Å²) < 4.78 is -0.492. The summed E-state index contributed by atoms with van der Waals surface area (Å²) in [6.45, 7) is 0. The zero-order valence-electron chi connectivity index (χ0n) is 7.55. The van der Waals surface area contributed by atoms with E-state index in [9.17, 15) is 5.11 Å². The lowest BCUT2D eigenvalue weighted by Gasteiger charge is -2.14. The topological polar surface area (TPSA) is 20.2 Å². The molecule has 15 heavy (non-hydrogen) atoms. The molecule has 4 heteroatoms. The second-order valence-electron chi connectivity index (χ2n) is 3.21. The minimum absolute atomic E-state index is 0.283.